The summed E-state index contributed by atoms with van der Waals surface area (Å²) < 4.78 is 18.8. The van der Waals surface area contributed by atoms with Gasteiger partial charge in [-0.1, -0.05) is 6.07 Å². The van der Waals surface area contributed by atoms with Crippen LogP contribution in [0.5, 0.6) is 11.5 Å². The maximum Gasteiger partial charge on any atom is 0.182 e. The Labute approximate surface area is 159 Å². The van der Waals surface area contributed by atoms with Gasteiger partial charge in [-0.3, -0.25) is 9.48 Å². The highest BCUT2D eigenvalue weighted by Gasteiger charge is 2.20. The van der Waals surface area contributed by atoms with Gasteiger partial charge in [-0.05, 0) is 29.8 Å². The predicted octanol–water partition coefficient (Wildman–Crippen LogP) is 3.85. The quantitative estimate of drug-likeness (QED) is 0.518. The first kappa shape index (κ1) is 16.4. The van der Waals surface area contributed by atoms with E-state index in [-0.39, 0.29) is 5.43 Å². The van der Waals surface area contributed by atoms with E-state index in [4.69, 9.17) is 18.9 Å². The summed E-state index contributed by atoms with van der Waals surface area (Å²) in [5.41, 5.74) is 4.32. The molecule has 0 unspecified atom stereocenters. The summed E-state index contributed by atoms with van der Waals surface area (Å²) >= 11 is 0. The third-order valence-corrected chi connectivity index (χ3v) is 4.98. The number of nitrogens with zero attached hydrogens (tertiary/aromatic N) is 2. The standard InChI is InChI=1S/C21H17N3O4/c1-24-21-14(10-22-24)18(11-4-7-15(26-2)17(8-11)27-3)20-19(23-21)13-6-5-12(25)9-16(13)28-20/h4-10,22H,1-3H3. The van der Waals surface area contributed by atoms with E-state index >= 15 is 0 Å². The molecule has 140 valence electrons. The van der Waals surface area contributed by atoms with Gasteiger partial charge in [-0.25, -0.2) is 4.98 Å². The fraction of sp³-hybridized carbons (Fsp3) is 0.143. The number of aromatic amines is 1. The summed E-state index contributed by atoms with van der Waals surface area (Å²) in [6.07, 6.45) is 1.89. The Morgan fingerprint density at radius 3 is 2.64 bits per heavy atom. The van der Waals surface area contributed by atoms with Crippen molar-refractivity contribution in [2.45, 2.75) is 0 Å². The molecule has 0 amide bonds. The van der Waals surface area contributed by atoms with E-state index in [0.29, 0.717) is 28.2 Å². The molecule has 0 atom stereocenters. The van der Waals surface area contributed by atoms with Crippen LogP contribution in [0.15, 0.2) is 51.8 Å². The van der Waals surface area contributed by atoms with Crippen LogP contribution in [0.2, 0.25) is 0 Å². The van der Waals surface area contributed by atoms with E-state index in [1.54, 1.807) is 20.3 Å². The van der Waals surface area contributed by atoms with Crippen LogP contribution in [0.4, 0.5) is 0 Å². The molecule has 1 N–H and O–H groups in total. The number of furan rings is 1. The number of aryl methyl sites for hydroxylation is 1. The molecule has 0 aliphatic carbocycles. The molecule has 5 rings (SSSR count). The van der Waals surface area contributed by atoms with Crippen LogP contribution in [-0.2, 0) is 7.05 Å². The number of H-pyrrole nitrogens is 1. The normalized spacial score (nSPS) is 11.5. The molecule has 5 aromatic rings. The zero-order valence-corrected chi connectivity index (χ0v) is 15.6. The van der Waals surface area contributed by atoms with Crippen LogP contribution in [0.1, 0.15) is 0 Å². The molecule has 0 fully saturated rings. The molecule has 0 saturated carbocycles. The third-order valence-electron chi connectivity index (χ3n) is 4.98. The summed E-state index contributed by atoms with van der Waals surface area (Å²) in [5.74, 6) is 1.27. The Morgan fingerprint density at radius 1 is 1.04 bits per heavy atom. The van der Waals surface area contributed by atoms with Crippen molar-refractivity contribution in [2.75, 3.05) is 14.2 Å². The van der Waals surface area contributed by atoms with Gasteiger partial charge in [0.1, 0.15) is 11.1 Å². The second kappa shape index (κ2) is 5.88. The highest BCUT2D eigenvalue weighted by molar-refractivity contribution is 6.14. The first-order chi connectivity index (χ1) is 13.6. The Balaban J connectivity index is 1.95. The molecule has 28 heavy (non-hydrogen) atoms. The summed E-state index contributed by atoms with van der Waals surface area (Å²) in [6, 6.07) is 10.5. The number of nitrogens with one attached hydrogen (secondary N) is 1. The molecule has 0 aliphatic heterocycles. The SMILES string of the molecule is COc1ccc(-c2c3c[nH]n(C)c3nc3c2oc2cc(=O)ccc23)cc1OC. The van der Waals surface area contributed by atoms with E-state index in [2.05, 4.69) is 5.10 Å². The molecule has 7 heteroatoms. The van der Waals surface area contributed by atoms with Gasteiger partial charge in [-0.2, -0.15) is 0 Å². The maximum atomic E-state index is 11.8. The number of methoxy groups -OCH3 is 2. The lowest BCUT2D eigenvalue weighted by Gasteiger charge is -2.11. The zero-order chi connectivity index (χ0) is 19.4. The van der Waals surface area contributed by atoms with Crippen molar-refractivity contribution in [3.63, 3.8) is 0 Å². The lowest BCUT2D eigenvalue weighted by atomic mass is 10.0. The molecule has 3 aromatic heterocycles. The van der Waals surface area contributed by atoms with Gasteiger partial charge in [0, 0.05) is 35.6 Å². The van der Waals surface area contributed by atoms with E-state index < -0.39 is 0 Å². The van der Waals surface area contributed by atoms with Crippen LogP contribution in [0.3, 0.4) is 0 Å². The van der Waals surface area contributed by atoms with Crippen LogP contribution < -0.4 is 14.9 Å². The molecule has 0 saturated heterocycles. The second-order valence-corrected chi connectivity index (χ2v) is 6.56. The number of pyridine rings is 1. The first-order valence-electron chi connectivity index (χ1n) is 8.73. The summed E-state index contributed by atoms with van der Waals surface area (Å²) in [4.78, 5) is 16.6. The van der Waals surface area contributed by atoms with Gasteiger partial charge >= 0.3 is 0 Å². The topological polar surface area (TPSA) is 82.3 Å². The summed E-state index contributed by atoms with van der Waals surface area (Å²) in [7, 11) is 5.11. The van der Waals surface area contributed by atoms with Crippen molar-refractivity contribution in [3.05, 3.63) is 52.8 Å². The highest BCUT2D eigenvalue weighted by atomic mass is 16.5. The average Bonchev–Trinajstić information content (AvgIpc) is 3.25. The van der Waals surface area contributed by atoms with E-state index in [9.17, 15) is 4.79 Å². The van der Waals surface area contributed by atoms with Crippen molar-refractivity contribution in [1.82, 2.24) is 14.8 Å². The Hall–Kier alpha value is -3.74. The lowest BCUT2D eigenvalue weighted by molar-refractivity contribution is 0.355. The molecule has 0 bridgehead atoms. The molecule has 0 radical (unpaired) electrons. The lowest BCUT2D eigenvalue weighted by Crippen LogP contribution is -1.94. The summed E-state index contributed by atoms with van der Waals surface area (Å²) in [6.45, 7) is 0. The van der Waals surface area contributed by atoms with Gasteiger partial charge in [-0.15, -0.1) is 0 Å². The van der Waals surface area contributed by atoms with E-state index in [1.165, 1.54) is 12.1 Å². The fourth-order valence-electron chi connectivity index (χ4n) is 3.64. The minimum Gasteiger partial charge on any atom is -0.493 e. The number of benzene rings is 2. The summed E-state index contributed by atoms with van der Waals surface area (Å²) in [5, 5.41) is 4.88. The molecular weight excluding hydrogens is 358 g/mol. The largest absolute Gasteiger partial charge is 0.493 e. The van der Waals surface area contributed by atoms with Crippen molar-refractivity contribution in [1.29, 1.82) is 0 Å². The van der Waals surface area contributed by atoms with Gasteiger partial charge in [0.2, 0.25) is 0 Å². The monoisotopic (exact) mass is 375 g/mol. The fourth-order valence-corrected chi connectivity index (χ4v) is 3.64. The van der Waals surface area contributed by atoms with Crippen molar-refractivity contribution >= 4 is 33.1 Å². The van der Waals surface area contributed by atoms with Gasteiger partial charge in [0.25, 0.3) is 0 Å². The molecule has 3 heterocycles. The maximum absolute atomic E-state index is 11.8. The van der Waals surface area contributed by atoms with Crippen LogP contribution in [-0.4, -0.2) is 29.0 Å². The molecule has 0 aliphatic rings. The molecular formula is C21H17N3O4. The van der Waals surface area contributed by atoms with Crippen LogP contribution >= 0.6 is 0 Å². The third kappa shape index (κ3) is 2.22. The molecule has 0 spiro atoms. The number of rotatable bonds is 3. The second-order valence-electron chi connectivity index (χ2n) is 6.56. The van der Waals surface area contributed by atoms with E-state index in [1.807, 2.05) is 36.1 Å². The Kier molecular flexibility index (Phi) is 3.45. The number of aromatic nitrogens is 3. The number of ether oxygens (including phenoxy) is 2. The highest BCUT2D eigenvalue weighted by Crippen LogP contribution is 2.41. The molecule has 2 aromatic carbocycles. The number of hydrogen-bond acceptors (Lipinski definition) is 5. The van der Waals surface area contributed by atoms with E-state index in [0.717, 1.165) is 27.5 Å². The average molecular weight is 375 g/mol. The zero-order valence-electron chi connectivity index (χ0n) is 15.6. The smallest absolute Gasteiger partial charge is 0.182 e. The van der Waals surface area contributed by atoms with Crippen molar-refractivity contribution in [3.8, 4) is 22.6 Å². The van der Waals surface area contributed by atoms with Gasteiger partial charge in [0.05, 0.1) is 14.2 Å². The Morgan fingerprint density at radius 2 is 1.86 bits per heavy atom. The van der Waals surface area contributed by atoms with Crippen LogP contribution in [0.25, 0.3) is 44.2 Å². The van der Waals surface area contributed by atoms with Crippen molar-refractivity contribution in [2.24, 2.45) is 7.05 Å². The minimum absolute atomic E-state index is 0.0999. The Bertz CT molecular complexity index is 1420. The first-order valence-corrected chi connectivity index (χ1v) is 8.73. The molecule has 7 nitrogen and oxygen atoms in total. The number of hydrogen-bond donors (Lipinski definition) is 1. The van der Waals surface area contributed by atoms with Crippen LogP contribution in [0, 0.1) is 0 Å². The number of fused-ring (bicyclic) bond motifs is 4. The van der Waals surface area contributed by atoms with Gasteiger partial charge < -0.3 is 19.0 Å². The minimum atomic E-state index is -0.0999. The predicted molar refractivity (Wildman–Crippen MR) is 107 cm³/mol. The van der Waals surface area contributed by atoms with Gasteiger partial charge in [0.15, 0.2) is 28.2 Å². The van der Waals surface area contributed by atoms with Crippen molar-refractivity contribution < 1.29 is 13.9 Å².